The molecule has 2 amide bonds. The van der Waals surface area contributed by atoms with Gasteiger partial charge < -0.3 is 16.0 Å². The molecule has 0 saturated carbocycles. The normalized spacial score (nSPS) is 11.6. The molecule has 0 aliphatic carbocycles. The Hall–Kier alpha value is -2.14. The molecule has 0 bridgehead atoms. The molecule has 1 rings (SSSR count). The van der Waals surface area contributed by atoms with Gasteiger partial charge in [0.25, 0.3) is 5.91 Å². The summed E-state index contributed by atoms with van der Waals surface area (Å²) in [7, 11) is 3.36. The Bertz CT molecular complexity index is 524. The van der Waals surface area contributed by atoms with Gasteiger partial charge in [-0.25, -0.2) is 0 Å². The lowest BCUT2D eigenvalue weighted by Crippen LogP contribution is -2.35. The molecular weight excluding hydrogens is 254 g/mol. The van der Waals surface area contributed by atoms with Gasteiger partial charge >= 0.3 is 0 Å². The third kappa shape index (κ3) is 3.93. The molecule has 1 aromatic carbocycles. The van der Waals surface area contributed by atoms with Crippen LogP contribution in [-0.2, 0) is 4.79 Å². The third-order valence-corrected chi connectivity index (χ3v) is 2.91. The smallest absolute Gasteiger partial charge is 0.253 e. The molecule has 0 spiro atoms. The van der Waals surface area contributed by atoms with Crippen molar-refractivity contribution in [3.63, 3.8) is 0 Å². The Morgan fingerprint density at radius 1 is 1.45 bits per heavy atom. The summed E-state index contributed by atoms with van der Waals surface area (Å²) < 4.78 is 0. The third-order valence-electron chi connectivity index (χ3n) is 2.91. The number of carbonyl (C=O) groups is 2. The second-order valence-corrected chi connectivity index (χ2v) is 4.85. The maximum Gasteiger partial charge on any atom is 0.253 e. The molecule has 0 radical (unpaired) electrons. The Morgan fingerprint density at radius 3 is 2.65 bits per heavy atom. The Balaban J connectivity index is 2.95. The molecule has 0 aliphatic heterocycles. The molecule has 0 aliphatic rings. The van der Waals surface area contributed by atoms with Crippen molar-refractivity contribution in [2.24, 2.45) is 5.73 Å². The molecule has 108 valence electrons. The van der Waals surface area contributed by atoms with E-state index in [9.17, 15) is 9.59 Å². The second-order valence-electron chi connectivity index (χ2n) is 4.85. The summed E-state index contributed by atoms with van der Waals surface area (Å²) in [5.41, 5.74) is 7.71. The van der Waals surface area contributed by atoms with Gasteiger partial charge in [0.05, 0.1) is 6.04 Å². The van der Waals surface area contributed by atoms with Crippen LogP contribution < -0.4 is 11.1 Å². The monoisotopic (exact) mass is 275 g/mol. The van der Waals surface area contributed by atoms with E-state index in [1.165, 1.54) is 4.90 Å². The Kier molecular flexibility index (Phi) is 5.46. The van der Waals surface area contributed by atoms with Gasteiger partial charge in [-0.1, -0.05) is 12.1 Å². The van der Waals surface area contributed by atoms with Gasteiger partial charge in [0.1, 0.15) is 0 Å². The summed E-state index contributed by atoms with van der Waals surface area (Å²) in [5.74, 6) is -0.404. The van der Waals surface area contributed by atoms with E-state index in [1.54, 1.807) is 38.4 Å². The number of aryl methyl sites for hydroxylation is 1. The van der Waals surface area contributed by atoms with Gasteiger partial charge in [0.15, 0.2) is 0 Å². The van der Waals surface area contributed by atoms with Crippen molar-refractivity contribution in [1.29, 1.82) is 0 Å². The highest BCUT2D eigenvalue weighted by Gasteiger charge is 2.15. The maximum atomic E-state index is 11.9. The molecule has 20 heavy (non-hydrogen) atoms. The number of hydrogen-bond acceptors (Lipinski definition) is 3. The van der Waals surface area contributed by atoms with E-state index < -0.39 is 6.04 Å². The van der Waals surface area contributed by atoms with Crippen molar-refractivity contribution < 1.29 is 9.59 Å². The van der Waals surface area contributed by atoms with Crippen molar-refractivity contribution >= 4 is 17.5 Å². The number of anilines is 1. The van der Waals surface area contributed by atoms with Crippen LogP contribution in [-0.4, -0.2) is 36.9 Å². The minimum absolute atomic E-state index is 0.115. The number of benzene rings is 1. The standard InChI is InChI=1S/C15H21N3O2/c1-5-6-12(16)14(19)17-13-9-11(8-7-10(13)2)15(20)18(3)4/h5,7-9,12H,1,6,16H2,2-4H3,(H,17,19). The van der Waals surface area contributed by atoms with E-state index in [-0.39, 0.29) is 11.8 Å². The Morgan fingerprint density at radius 2 is 2.10 bits per heavy atom. The van der Waals surface area contributed by atoms with Gasteiger partial charge in [-0.05, 0) is 31.0 Å². The first-order valence-corrected chi connectivity index (χ1v) is 6.36. The number of nitrogens with zero attached hydrogens (tertiary/aromatic N) is 1. The first-order chi connectivity index (χ1) is 9.36. The van der Waals surface area contributed by atoms with Crippen molar-refractivity contribution in [2.45, 2.75) is 19.4 Å². The second kappa shape index (κ2) is 6.86. The number of rotatable bonds is 5. The fraction of sp³-hybridized carbons (Fsp3) is 0.333. The summed E-state index contributed by atoms with van der Waals surface area (Å²) in [6.45, 7) is 5.41. The van der Waals surface area contributed by atoms with Crippen LogP contribution in [0.4, 0.5) is 5.69 Å². The quantitative estimate of drug-likeness (QED) is 0.800. The van der Waals surface area contributed by atoms with E-state index in [2.05, 4.69) is 11.9 Å². The number of nitrogens with one attached hydrogen (secondary N) is 1. The largest absolute Gasteiger partial charge is 0.345 e. The first kappa shape index (κ1) is 15.9. The van der Waals surface area contributed by atoms with Crippen LogP contribution in [0, 0.1) is 6.92 Å². The van der Waals surface area contributed by atoms with Gasteiger partial charge in [0, 0.05) is 25.3 Å². The molecule has 0 heterocycles. The zero-order chi connectivity index (χ0) is 15.3. The van der Waals surface area contributed by atoms with Crippen LogP contribution in [0.1, 0.15) is 22.3 Å². The van der Waals surface area contributed by atoms with Crippen molar-refractivity contribution in [3.05, 3.63) is 42.0 Å². The summed E-state index contributed by atoms with van der Waals surface area (Å²) >= 11 is 0. The number of hydrogen-bond donors (Lipinski definition) is 2. The summed E-state index contributed by atoms with van der Waals surface area (Å²) in [6.07, 6.45) is 2.00. The maximum absolute atomic E-state index is 11.9. The van der Waals surface area contributed by atoms with E-state index in [4.69, 9.17) is 5.73 Å². The van der Waals surface area contributed by atoms with Crippen LogP contribution in [0.15, 0.2) is 30.9 Å². The SMILES string of the molecule is C=CCC(N)C(=O)Nc1cc(C(=O)N(C)C)ccc1C. The van der Waals surface area contributed by atoms with Crippen LogP contribution in [0.25, 0.3) is 0 Å². The molecule has 5 nitrogen and oxygen atoms in total. The van der Waals surface area contributed by atoms with Gasteiger partial charge in [-0.15, -0.1) is 6.58 Å². The van der Waals surface area contributed by atoms with E-state index in [0.29, 0.717) is 17.7 Å². The van der Waals surface area contributed by atoms with Crippen molar-refractivity contribution in [2.75, 3.05) is 19.4 Å². The molecule has 0 saturated heterocycles. The van der Waals surface area contributed by atoms with E-state index in [0.717, 1.165) is 5.56 Å². The molecule has 5 heteroatoms. The molecule has 0 fully saturated rings. The molecule has 1 aromatic rings. The fourth-order valence-corrected chi connectivity index (χ4v) is 1.66. The zero-order valence-electron chi connectivity index (χ0n) is 12.1. The Labute approximate surface area is 119 Å². The zero-order valence-corrected chi connectivity index (χ0v) is 12.1. The molecule has 1 atom stereocenters. The topological polar surface area (TPSA) is 75.4 Å². The minimum Gasteiger partial charge on any atom is -0.345 e. The van der Waals surface area contributed by atoms with Gasteiger partial charge in [-0.2, -0.15) is 0 Å². The lowest BCUT2D eigenvalue weighted by molar-refractivity contribution is -0.117. The average Bonchev–Trinajstić information content (AvgIpc) is 2.40. The van der Waals surface area contributed by atoms with Crippen LogP contribution in [0.3, 0.4) is 0 Å². The summed E-state index contributed by atoms with van der Waals surface area (Å²) in [4.78, 5) is 25.3. The van der Waals surface area contributed by atoms with Crippen LogP contribution >= 0.6 is 0 Å². The predicted octanol–water partition coefficient (Wildman–Crippen LogP) is 1.54. The number of carbonyl (C=O) groups excluding carboxylic acids is 2. The highest BCUT2D eigenvalue weighted by atomic mass is 16.2. The summed E-state index contributed by atoms with van der Waals surface area (Å²) in [5, 5.41) is 2.75. The van der Waals surface area contributed by atoms with Gasteiger partial charge in [-0.3, -0.25) is 9.59 Å². The lowest BCUT2D eigenvalue weighted by Gasteiger charge is -2.15. The lowest BCUT2D eigenvalue weighted by atomic mass is 10.1. The van der Waals surface area contributed by atoms with Crippen molar-refractivity contribution in [3.8, 4) is 0 Å². The number of nitrogens with two attached hydrogens (primary N) is 1. The predicted molar refractivity (Wildman–Crippen MR) is 80.6 cm³/mol. The van der Waals surface area contributed by atoms with Gasteiger partial charge in [0.2, 0.25) is 5.91 Å². The highest BCUT2D eigenvalue weighted by molar-refractivity contribution is 5.99. The van der Waals surface area contributed by atoms with E-state index in [1.807, 2.05) is 6.92 Å². The first-order valence-electron chi connectivity index (χ1n) is 6.36. The summed E-state index contributed by atoms with van der Waals surface area (Å²) in [6, 6.07) is 4.55. The minimum atomic E-state index is -0.639. The molecular formula is C15H21N3O2. The van der Waals surface area contributed by atoms with Crippen LogP contribution in [0.5, 0.6) is 0 Å². The molecule has 1 unspecified atom stereocenters. The fourth-order valence-electron chi connectivity index (χ4n) is 1.66. The number of amides is 2. The van der Waals surface area contributed by atoms with Crippen LogP contribution in [0.2, 0.25) is 0 Å². The molecule has 3 N–H and O–H groups in total. The average molecular weight is 275 g/mol. The molecule has 0 aromatic heterocycles. The highest BCUT2D eigenvalue weighted by Crippen LogP contribution is 2.18. The van der Waals surface area contributed by atoms with E-state index >= 15 is 0 Å². The van der Waals surface area contributed by atoms with Crippen molar-refractivity contribution in [1.82, 2.24) is 4.90 Å².